The molecular weight excluding hydrogens is 509 g/mol. The lowest BCUT2D eigenvalue weighted by molar-refractivity contribution is -0.154. The second-order valence-electron chi connectivity index (χ2n) is 9.59. The van der Waals surface area contributed by atoms with Gasteiger partial charge in [-0.1, -0.05) is 41.9 Å². The van der Waals surface area contributed by atoms with Gasteiger partial charge in [-0.3, -0.25) is 9.59 Å². The molecular formula is C28H25ClFN5O3. The fraction of sp³-hybridized carbons (Fsp3) is 0.250. The van der Waals surface area contributed by atoms with Gasteiger partial charge in [-0.05, 0) is 50.6 Å². The fourth-order valence-electron chi connectivity index (χ4n) is 3.83. The van der Waals surface area contributed by atoms with Crippen LogP contribution in [0.5, 0.6) is 0 Å². The number of nitrogens with zero attached hydrogens (tertiary/aromatic N) is 4. The van der Waals surface area contributed by atoms with Crippen molar-refractivity contribution < 1.29 is 13.9 Å². The van der Waals surface area contributed by atoms with Crippen LogP contribution in [-0.4, -0.2) is 32.9 Å². The zero-order chi connectivity index (χ0) is 27.4. The highest BCUT2D eigenvalue weighted by Gasteiger charge is 2.20. The average Bonchev–Trinajstić information content (AvgIpc) is 2.87. The summed E-state index contributed by atoms with van der Waals surface area (Å²) in [6.45, 7) is 5.59. The summed E-state index contributed by atoms with van der Waals surface area (Å²) in [5, 5.41) is 17.3. The number of fused-ring (bicyclic) bond motifs is 1. The van der Waals surface area contributed by atoms with Crippen molar-refractivity contribution in [3.05, 3.63) is 87.0 Å². The SMILES string of the molecule is CC(C)(C)OC(=O)CCNc1nc(F)c(-c2nn(Cc3ccc(C#N)cc3)c(=O)c3ccccc23)cc1Cl. The molecule has 0 bridgehead atoms. The molecule has 194 valence electrons. The van der Waals surface area contributed by atoms with E-state index in [9.17, 15) is 9.59 Å². The summed E-state index contributed by atoms with van der Waals surface area (Å²) in [6.07, 6.45) is 0.0468. The van der Waals surface area contributed by atoms with Crippen LogP contribution in [0.25, 0.3) is 22.0 Å². The maximum atomic E-state index is 15.3. The Morgan fingerprint density at radius 2 is 1.84 bits per heavy atom. The lowest BCUT2D eigenvalue weighted by Gasteiger charge is -2.19. The van der Waals surface area contributed by atoms with Gasteiger partial charge in [-0.25, -0.2) is 9.67 Å². The molecule has 0 spiro atoms. The van der Waals surface area contributed by atoms with E-state index in [1.54, 1.807) is 69.3 Å². The summed E-state index contributed by atoms with van der Waals surface area (Å²) < 4.78 is 21.9. The smallest absolute Gasteiger partial charge is 0.308 e. The molecule has 4 rings (SSSR count). The van der Waals surface area contributed by atoms with Crippen LogP contribution in [0, 0.1) is 17.3 Å². The van der Waals surface area contributed by atoms with Gasteiger partial charge in [0.2, 0.25) is 5.95 Å². The second kappa shape index (κ2) is 11.0. The van der Waals surface area contributed by atoms with Crippen LogP contribution in [0.15, 0.2) is 59.4 Å². The number of aromatic nitrogens is 3. The zero-order valence-electron chi connectivity index (χ0n) is 21.1. The highest BCUT2D eigenvalue weighted by atomic mass is 35.5. The predicted molar refractivity (Wildman–Crippen MR) is 143 cm³/mol. The number of halogens is 2. The van der Waals surface area contributed by atoms with E-state index in [0.717, 1.165) is 5.56 Å². The van der Waals surface area contributed by atoms with Gasteiger partial charge in [0.1, 0.15) is 17.1 Å². The molecule has 38 heavy (non-hydrogen) atoms. The molecule has 0 saturated heterocycles. The van der Waals surface area contributed by atoms with E-state index in [1.165, 1.54) is 10.7 Å². The van der Waals surface area contributed by atoms with E-state index in [-0.39, 0.29) is 47.2 Å². The van der Waals surface area contributed by atoms with Crippen LogP contribution >= 0.6 is 11.6 Å². The summed E-state index contributed by atoms with van der Waals surface area (Å²) in [6, 6.07) is 17.0. The number of rotatable bonds is 7. The molecule has 0 radical (unpaired) electrons. The Bertz CT molecular complexity index is 1600. The molecule has 8 nitrogen and oxygen atoms in total. The normalized spacial score (nSPS) is 11.3. The first-order valence-corrected chi connectivity index (χ1v) is 12.2. The lowest BCUT2D eigenvalue weighted by Crippen LogP contribution is -2.25. The number of benzene rings is 2. The van der Waals surface area contributed by atoms with Crippen LogP contribution < -0.4 is 10.9 Å². The van der Waals surface area contributed by atoms with Gasteiger partial charge in [-0.2, -0.15) is 14.8 Å². The largest absolute Gasteiger partial charge is 0.460 e. The Balaban J connectivity index is 1.67. The molecule has 2 heterocycles. The highest BCUT2D eigenvalue weighted by molar-refractivity contribution is 6.33. The van der Waals surface area contributed by atoms with E-state index in [0.29, 0.717) is 16.3 Å². The predicted octanol–water partition coefficient (Wildman–Crippen LogP) is 5.31. The molecule has 1 N–H and O–H groups in total. The van der Waals surface area contributed by atoms with Crippen LogP contribution in [-0.2, 0) is 16.1 Å². The number of ether oxygens (including phenoxy) is 1. The summed E-state index contributed by atoms with van der Waals surface area (Å²) in [5.74, 6) is -1.17. The third-order valence-electron chi connectivity index (χ3n) is 5.51. The minimum absolute atomic E-state index is 0.0254. The topological polar surface area (TPSA) is 110 Å². The van der Waals surface area contributed by atoms with E-state index in [2.05, 4.69) is 21.5 Å². The standard InChI is InChI=1S/C28H25ClFN5O3/c1-28(2,3)38-23(36)12-13-32-26-22(29)14-21(25(30)33-26)24-19-6-4-5-7-20(19)27(37)35(34-24)16-18-10-8-17(15-31)9-11-18/h4-11,14H,12-13,16H2,1-3H3,(H,32,33). The number of hydrogen-bond acceptors (Lipinski definition) is 7. The Morgan fingerprint density at radius 3 is 2.50 bits per heavy atom. The minimum atomic E-state index is -0.838. The maximum absolute atomic E-state index is 15.3. The van der Waals surface area contributed by atoms with Crippen molar-refractivity contribution in [3.8, 4) is 17.3 Å². The molecule has 0 atom stereocenters. The molecule has 0 saturated carbocycles. The first-order valence-electron chi connectivity index (χ1n) is 11.9. The molecule has 0 aliphatic heterocycles. The van der Waals surface area contributed by atoms with Gasteiger partial charge in [0.25, 0.3) is 5.56 Å². The van der Waals surface area contributed by atoms with E-state index >= 15 is 4.39 Å². The van der Waals surface area contributed by atoms with Crippen molar-refractivity contribution in [2.75, 3.05) is 11.9 Å². The van der Waals surface area contributed by atoms with Crippen molar-refractivity contribution in [3.63, 3.8) is 0 Å². The Labute approximate surface area is 223 Å². The Hall–Kier alpha value is -4.29. The molecule has 0 aliphatic carbocycles. The third-order valence-corrected chi connectivity index (χ3v) is 5.80. The fourth-order valence-corrected chi connectivity index (χ4v) is 4.05. The van der Waals surface area contributed by atoms with Gasteiger partial charge in [0.15, 0.2) is 0 Å². The van der Waals surface area contributed by atoms with Crippen LogP contribution in [0.3, 0.4) is 0 Å². The number of nitriles is 1. The minimum Gasteiger partial charge on any atom is -0.460 e. The van der Waals surface area contributed by atoms with Gasteiger partial charge in [0.05, 0.1) is 40.6 Å². The van der Waals surface area contributed by atoms with Crippen molar-refractivity contribution in [1.29, 1.82) is 5.26 Å². The van der Waals surface area contributed by atoms with Crippen molar-refractivity contribution in [2.45, 2.75) is 39.3 Å². The van der Waals surface area contributed by atoms with E-state index in [4.69, 9.17) is 21.6 Å². The van der Waals surface area contributed by atoms with Gasteiger partial charge in [-0.15, -0.1) is 0 Å². The first-order chi connectivity index (χ1) is 18.1. The zero-order valence-corrected chi connectivity index (χ0v) is 21.8. The molecule has 2 aromatic heterocycles. The number of esters is 1. The Morgan fingerprint density at radius 1 is 1.16 bits per heavy atom. The number of nitrogens with one attached hydrogen (secondary N) is 1. The van der Waals surface area contributed by atoms with Crippen LogP contribution in [0.1, 0.15) is 38.3 Å². The average molecular weight is 534 g/mol. The first kappa shape index (κ1) is 26.8. The van der Waals surface area contributed by atoms with E-state index in [1.807, 2.05) is 0 Å². The summed E-state index contributed by atoms with van der Waals surface area (Å²) in [5.41, 5.74) is 0.538. The van der Waals surface area contributed by atoms with Gasteiger partial charge >= 0.3 is 5.97 Å². The molecule has 0 fully saturated rings. The number of hydrogen-bond donors (Lipinski definition) is 1. The third kappa shape index (κ3) is 6.15. The number of pyridine rings is 1. The maximum Gasteiger partial charge on any atom is 0.308 e. The van der Waals surface area contributed by atoms with Crippen molar-refractivity contribution in [2.24, 2.45) is 0 Å². The second-order valence-corrected chi connectivity index (χ2v) is 9.99. The van der Waals surface area contributed by atoms with Crippen LogP contribution in [0.4, 0.5) is 10.2 Å². The quantitative estimate of drug-likeness (QED) is 0.253. The van der Waals surface area contributed by atoms with E-state index < -0.39 is 17.5 Å². The molecule has 0 aliphatic rings. The lowest BCUT2D eigenvalue weighted by atomic mass is 10.1. The molecule has 10 heteroatoms. The molecule has 0 amide bonds. The number of anilines is 1. The Kier molecular flexibility index (Phi) is 7.74. The highest BCUT2D eigenvalue weighted by Crippen LogP contribution is 2.31. The summed E-state index contributed by atoms with van der Waals surface area (Å²) in [4.78, 5) is 29.1. The van der Waals surface area contributed by atoms with Crippen LogP contribution in [0.2, 0.25) is 5.02 Å². The molecule has 0 unspecified atom stereocenters. The van der Waals surface area contributed by atoms with Crippen molar-refractivity contribution >= 4 is 34.2 Å². The number of carbonyl (C=O) groups is 1. The van der Waals surface area contributed by atoms with Gasteiger partial charge in [0, 0.05) is 11.9 Å². The molecule has 2 aromatic carbocycles. The summed E-state index contributed by atoms with van der Waals surface area (Å²) >= 11 is 6.42. The van der Waals surface area contributed by atoms with Gasteiger partial charge < -0.3 is 10.1 Å². The summed E-state index contributed by atoms with van der Waals surface area (Å²) in [7, 11) is 0. The monoisotopic (exact) mass is 533 g/mol. The molecule has 4 aromatic rings. The van der Waals surface area contributed by atoms with Crippen molar-refractivity contribution in [1.82, 2.24) is 14.8 Å². The number of carbonyl (C=O) groups excluding carboxylic acids is 1.